The van der Waals surface area contributed by atoms with Crippen LogP contribution in [-0.2, 0) is 19.3 Å². The second-order valence-corrected chi connectivity index (χ2v) is 4.20. The van der Waals surface area contributed by atoms with Crippen LogP contribution in [0.1, 0.15) is 56.0 Å². The van der Waals surface area contributed by atoms with Crippen LogP contribution in [-0.4, -0.2) is 5.16 Å². The van der Waals surface area contributed by atoms with Gasteiger partial charge in [0.05, 0.1) is 5.69 Å². The molecule has 2 heteroatoms. The summed E-state index contributed by atoms with van der Waals surface area (Å²) in [6.45, 7) is 2.22. The van der Waals surface area contributed by atoms with Crippen molar-refractivity contribution in [3.8, 4) is 0 Å². The Morgan fingerprint density at radius 3 is 2.93 bits per heavy atom. The van der Waals surface area contributed by atoms with E-state index in [0.717, 1.165) is 12.8 Å². The molecule has 0 atom stereocenters. The topological polar surface area (TPSA) is 26.0 Å². The quantitative estimate of drug-likeness (QED) is 0.688. The molecule has 1 aliphatic carbocycles. The maximum Gasteiger partial charge on any atom is 0.140 e. The minimum atomic E-state index is 1.08. The Kier molecular flexibility index (Phi) is 3.22. The summed E-state index contributed by atoms with van der Waals surface area (Å²) in [5, 5.41) is 4.19. The third-order valence-corrected chi connectivity index (χ3v) is 3.05. The average molecular weight is 193 g/mol. The number of fused-ring (bicyclic) bond motifs is 1. The van der Waals surface area contributed by atoms with Crippen molar-refractivity contribution in [2.75, 3.05) is 0 Å². The molecule has 1 aromatic rings. The summed E-state index contributed by atoms with van der Waals surface area (Å²) in [7, 11) is 0. The van der Waals surface area contributed by atoms with Crippen LogP contribution < -0.4 is 0 Å². The number of aromatic nitrogens is 1. The van der Waals surface area contributed by atoms with Crippen molar-refractivity contribution >= 4 is 0 Å². The minimum Gasteiger partial charge on any atom is -0.361 e. The van der Waals surface area contributed by atoms with Crippen molar-refractivity contribution in [3.05, 3.63) is 17.0 Å². The molecule has 0 aromatic carbocycles. The molecule has 0 N–H and O–H groups in total. The molecule has 0 fully saturated rings. The molecule has 0 unspecified atom stereocenters. The lowest BCUT2D eigenvalue weighted by Gasteiger charge is -1.98. The maximum atomic E-state index is 5.43. The minimum absolute atomic E-state index is 1.08. The number of nitrogens with zero attached hydrogens (tertiary/aromatic N) is 1. The van der Waals surface area contributed by atoms with Crippen LogP contribution in [0, 0.1) is 0 Å². The van der Waals surface area contributed by atoms with Gasteiger partial charge in [0, 0.05) is 12.0 Å². The molecule has 2 nitrogen and oxygen atoms in total. The van der Waals surface area contributed by atoms with E-state index in [-0.39, 0.29) is 0 Å². The third-order valence-electron chi connectivity index (χ3n) is 3.05. The summed E-state index contributed by atoms with van der Waals surface area (Å²) in [4.78, 5) is 0. The summed E-state index contributed by atoms with van der Waals surface area (Å²) < 4.78 is 5.43. The fraction of sp³-hybridized carbons (Fsp3) is 0.750. The van der Waals surface area contributed by atoms with Gasteiger partial charge in [-0.25, -0.2) is 0 Å². The summed E-state index contributed by atoms with van der Waals surface area (Å²) in [5.74, 6) is 1.17. The van der Waals surface area contributed by atoms with Crippen molar-refractivity contribution in [1.82, 2.24) is 5.16 Å². The Morgan fingerprint density at radius 2 is 2.07 bits per heavy atom. The summed E-state index contributed by atoms with van der Waals surface area (Å²) in [6, 6.07) is 0. The average Bonchev–Trinajstić information content (AvgIpc) is 2.45. The SMILES string of the molecule is CCCCc1onc2c1CCCCC2. The predicted molar refractivity (Wildman–Crippen MR) is 56.4 cm³/mol. The van der Waals surface area contributed by atoms with Crippen LogP contribution in [0.25, 0.3) is 0 Å². The molecule has 14 heavy (non-hydrogen) atoms. The third kappa shape index (κ3) is 1.99. The van der Waals surface area contributed by atoms with E-state index in [4.69, 9.17) is 4.52 Å². The zero-order valence-corrected chi connectivity index (χ0v) is 9.01. The van der Waals surface area contributed by atoms with Crippen molar-refractivity contribution in [2.24, 2.45) is 0 Å². The lowest BCUT2D eigenvalue weighted by atomic mass is 10.1. The van der Waals surface area contributed by atoms with Crippen LogP contribution in [0.3, 0.4) is 0 Å². The molecule has 0 amide bonds. The lowest BCUT2D eigenvalue weighted by Crippen LogP contribution is -1.92. The highest BCUT2D eigenvalue weighted by Crippen LogP contribution is 2.24. The molecular weight excluding hydrogens is 174 g/mol. The highest BCUT2D eigenvalue weighted by Gasteiger charge is 2.17. The number of hydrogen-bond acceptors (Lipinski definition) is 2. The molecule has 0 bridgehead atoms. The summed E-state index contributed by atoms with van der Waals surface area (Å²) in [6.07, 6.45) is 9.81. The van der Waals surface area contributed by atoms with E-state index in [0.29, 0.717) is 0 Å². The monoisotopic (exact) mass is 193 g/mol. The number of unbranched alkanes of at least 4 members (excludes halogenated alkanes) is 1. The Labute approximate surface area is 85.7 Å². The first-order valence-electron chi connectivity index (χ1n) is 5.88. The van der Waals surface area contributed by atoms with E-state index in [1.807, 2.05) is 0 Å². The van der Waals surface area contributed by atoms with E-state index in [1.165, 1.54) is 55.5 Å². The molecule has 0 radical (unpaired) electrons. The standard InChI is InChI=1S/C12H19NO/c1-2-3-9-12-10-7-5-4-6-8-11(10)13-14-12/h2-9H2,1H3. The fourth-order valence-corrected chi connectivity index (χ4v) is 2.17. The van der Waals surface area contributed by atoms with Gasteiger partial charge in [-0.3, -0.25) is 0 Å². The summed E-state index contributed by atoms with van der Waals surface area (Å²) >= 11 is 0. The van der Waals surface area contributed by atoms with E-state index in [1.54, 1.807) is 0 Å². The van der Waals surface area contributed by atoms with Gasteiger partial charge in [0.1, 0.15) is 5.76 Å². The van der Waals surface area contributed by atoms with Gasteiger partial charge in [0.15, 0.2) is 0 Å². The van der Waals surface area contributed by atoms with Gasteiger partial charge in [0.25, 0.3) is 0 Å². The van der Waals surface area contributed by atoms with Gasteiger partial charge in [-0.15, -0.1) is 0 Å². The Morgan fingerprint density at radius 1 is 1.21 bits per heavy atom. The van der Waals surface area contributed by atoms with Crippen LogP contribution in [0.4, 0.5) is 0 Å². The van der Waals surface area contributed by atoms with E-state index < -0.39 is 0 Å². The van der Waals surface area contributed by atoms with Crippen LogP contribution in [0.2, 0.25) is 0 Å². The molecule has 78 valence electrons. The highest BCUT2D eigenvalue weighted by atomic mass is 16.5. The molecule has 1 aliphatic rings. The smallest absolute Gasteiger partial charge is 0.140 e. The van der Waals surface area contributed by atoms with E-state index in [9.17, 15) is 0 Å². The Hall–Kier alpha value is -0.790. The first-order valence-corrected chi connectivity index (χ1v) is 5.88. The number of hydrogen-bond donors (Lipinski definition) is 0. The van der Waals surface area contributed by atoms with Gasteiger partial charge in [-0.1, -0.05) is 24.9 Å². The van der Waals surface area contributed by atoms with Gasteiger partial charge in [0.2, 0.25) is 0 Å². The zero-order chi connectivity index (χ0) is 9.80. The molecule has 0 spiro atoms. The van der Waals surface area contributed by atoms with Gasteiger partial charge < -0.3 is 4.52 Å². The highest BCUT2D eigenvalue weighted by molar-refractivity contribution is 5.24. The van der Waals surface area contributed by atoms with Crippen molar-refractivity contribution in [1.29, 1.82) is 0 Å². The summed E-state index contributed by atoms with van der Waals surface area (Å²) in [5.41, 5.74) is 2.68. The number of rotatable bonds is 3. The normalized spacial score (nSPS) is 16.4. The molecule has 2 rings (SSSR count). The van der Waals surface area contributed by atoms with Crippen molar-refractivity contribution in [2.45, 2.75) is 58.3 Å². The molecule has 0 saturated heterocycles. The number of aryl methyl sites for hydroxylation is 2. The first-order chi connectivity index (χ1) is 6.92. The fourth-order valence-electron chi connectivity index (χ4n) is 2.17. The Balaban J connectivity index is 2.12. The lowest BCUT2D eigenvalue weighted by molar-refractivity contribution is 0.371. The largest absolute Gasteiger partial charge is 0.361 e. The molecular formula is C12H19NO. The van der Waals surface area contributed by atoms with E-state index in [2.05, 4.69) is 12.1 Å². The second kappa shape index (κ2) is 4.63. The molecule has 0 saturated carbocycles. The Bertz CT molecular complexity index is 291. The van der Waals surface area contributed by atoms with Crippen molar-refractivity contribution < 1.29 is 4.52 Å². The van der Waals surface area contributed by atoms with Crippen molar-refractivity contribution in [3.63, 3.8) is 0 Å². The predicted octanol–water partition coefficient (Wildman–Crippen LogP) is 3.29. The van der Waals surface area contributed by atoms with Crippen LogP contribution in [0.5, 0.6) is 0 Å². The first kappa shape index (κ1) is 9.75. The second-order valence-electron chi connectivity index (χ2n) is 4.20. The molecule has 1 aromatic heterocycles. The zero-order valence-electron chi connectivity index (χ0n) is 9.01. The van der Waals surface area contributed by atoms with Gasteiger partial charge >= 0.3 is 0 Å². The molecule has 0 aliphatic heterocycles. The van der Waals surface area contributed by atoms with Gasteiger partial charge in [-0.05, 0) is 32.1 Å². The maximum absolute atomic E-state index is 5.43. The molecule has 1 heterocycles. The van der Waals surface area contributed by atoms with Crippen LogP contribution >= 0.6 is 0 Å². The van der Waals surface area contributed by atoms with E-state index >= 15 is 0 Å². The van der Waals surface area contributed by atoms with Gasteiger partial charge in [-0.2, -0.15) is 0 Å². The van der Waals surface area contributed by atoms with Crippen LogP contribution in [0.15, 0.2) is 4.52 Å².